The third-order valence-corrected chi connectivity index (χ3v) is 11.1. The Morgan fingerprint density at radius 3 is 2.63 bits per heavy atom. The van der Waals surface area contributed by atoms with Gasteiger partial charge in [-0.2, -0.15) is 12.6 Å². The maximum atomic E-state index is 14.1. The van der Waals surface area contributed by atoms with Gasteiger partial charge in [0.2, 0.25) is 11.8 Å². The molecule has 1 aromatic carbocycles. The summed E-state index contributed by atoms with van der Waals surface area (Å²) < 4.78 is 23.4. The molecule has 4 bridgehead atoms. The summed E-state index contributed by atoms with van der Waals surface area (Å²) in [6.07, 6.45) is 5.39. The quantitative estimate of drug-likeness (QED) is 0.285. The summed E-state index contributed by atoms with van der Waals surface area (Å²) in [5.74, 6) is -0.532. The van der Waals surface area contributed by atoms with E-state index >= 15 is 0 Å². The molecule has 0 radical (unpaired) electrons. The lowest BCUT2D eigenvalue weighted by Gasteiger charge is -2.37. The molecule has 11 nitrogen and oxygen atoms in total. The van der Waals surface area contributed by atoms with Gasteiger partial charge >= 0.3 is 12.1 Å². The molecule has 0 aromatic heterocycles. The third kappa shape index (κ3) is 8.75. The lowest BCUT2D eigenvalue weighted by Crippen LogP contribution is -2.53. The number of alkyl carbamates (subject to hydrolysis) is 1. The molecular formula is C36H50ClN3O8S. The van der Waals surface area contributed by atoms with Crippen molar-refractivity contribution < 1.29 is 38.1 Å². The monoisotopic (exact) mass is 719 g/mol. The van der Waals surface area contributed by atoms with Gasteiger partial charge in [0.1, 0.15) is 29.0 Å². The van der Waals surface area contributed by atoms with Crippen molar-refractivity contribution in [2.75, 3.05) is 39.0 Å². The Hall–Kier alpha value is -3.22. The van der Waals surface area contributed by atoms with Crippen molar-refractivity contribution in [3.05, 3.63) is 46.5 Å². The molecule has 4 rings (SSSR count). The van der Waals surface area contributed by atoms with Gasteiger partial charge in [-0.25, -0.2) is 9.59 Å². The fourth-order valence-corrected chi connectivity index (χ4v) is 7.50. The summed E-state index contributed by atoms with van der Waals surface area (Å²) in [5.41, 5.74) is 1.77. The van der Waals surface area contributed by atoms with Crippen molar-refractivity contribution in [2.45, 2.75) is 90.2 Å². The number of esters is 1. The SMILES string of the molecule is COc1cc2cc(c1Cl)N(C)C(=O)C[C@H](OC(=O)[C@H](C)N(C)C(=O)CCS)[C@@]1(C)C[C@H]1[C@H](C)[C@@H]1C[C@@H](NC(=O)O1)[C@H](OC)/C=C/C=C(\C)C2. The van der Waals surface area contributed by atoms with Crippen LogP contribution in [-0.4, -0.2) is 93.2 Å². The Morgan fingerprint density at radius 2 is 1.98 bits per heavy atom. The first-order valence-corrected chi connectivity index (χ1v) is 17.7. The van der Waals surface area contributed by atoms with Gasteiger partial charge in [0.15, 0.2) is 0 Å². The van der Waals surface area contributed by atoms with Crippen LogP contribution in [0.5, 0.6) is 5.75 Å². The number of ether oxygens (including phenoxy) is 4. The van der Waals surface area contributed by atoms with Gasteiger partial charge in [0, 0.05) is 39.5 Å². The molecule has 1 saturated heterocycles. The Morgan fingerprint density at radius 1 is 1.27 bits per heavy atom. The standard InChI is InChI=1S/C36H50ClN3O8S/c1-20-10-9-11-27(45-7)25-17-28(47-35(44)38-25)21(2)24-19-36(24,4)30(48-34(43)22(3)39(5)31(41)12-13-49)18-32(42)40(6)26-15-23(14-20)16-29(46-8)33(26)37/h9-11,15-16,21-22,24-25,27-28,30,49H,12-14,17-19H2,1-8H3,(H,38,44)/b11-9+,20-10+/t21-,22-,24-,25+,27+,28-,30-,36-/m0/s1. The van der Waals surface area contributed by atoms with Crippen LogP contribution in [0.3, 0.4) is 0 Å². The number of thiol groups is 1. The first-order chi connectivity index (χ1) is 23.1. The largest absolute Gasteiger partial charge is 0.495 e. The van der Waals surface area contributed by atoms with Crippen molar-refractivity contribution in [3.63, 3.8) is 0 Å². The fraction of sp³-hybridized carbons (Fsp3) is 0.611. The molecule has 270 valence electrons. The summed E-state index contributed by atoms with van der Waals surface area (Å²) in [4.78, 5) is 55.9. The maximum Gasteiger partial charge on any atom is 0.407 e. The van der Waals surface area contributed by atoms with E-state index in [1.165, 1.54) is 16.9 Å². The van der Waals surface area contributed by atoms with Crippen molar-refractivity contribution >= 4 is 53.8 Å². The number of carbonyl (C=O) groups is 4. The number of halogens is 1. The topological polar surface area (TPSA) is 124 Å². The Balaban J connectivity index is 1.75. The van der Waals surface area contributed by atoms with E-state index in [2.05, 4.69) is 17.9 Å². The zero-order chi connectivity index (χ0) is 36.2. The Kier molecular flexibility index (Phi) is 12.8. The predicted octanol–water partition coefficient (Wildman–Crippen LogP) is 5.38. The van der Waals surface area contributed by atoms with Gasteiger partial charge in [-0.1, -0.05) is 49.2 Å². The number of hydrogen-bond donors (Lipinski definition) is 2. The van der Waals surface area contributed by atoms with E-state index in [4.69, 9.17) is 30.5 Å². The molecule has 2 aliphatic heterocycles. The summed E-state index contributed by atoms with van der Waals surface area (Å²) in [6.45, 7) is 7.62. The highest BCUT2D eigenvalue weighted by atomic mass is 35.5. The average Bonchev–Trinajstić information content (AvgIpc) is 3.77. The highest BCUT2D eigenvalue weighted by Crippen LogP contribution is 2.61. The van der Waals surface area contributed by atoms with Crippen LogP contribution in [0, 0.1) is 17.3 Å². The molecular weight excluding hydrogens is 670 g/mol. The predicted molar refractivity (Wildman–Crippen MR) is 191 cm³/mol. The highest BCUT2D eigenvalue weighted by Gasteiger charge is 2.61. The Bertz CT molecular complexity index is 1490. The molecule has 2 fully saturated rings. The van der Waals surface area contributed by atoms with Crippen LogP contribution in [0.4, 0.5) is 10.5 Å². The molecule has 0 spiro atoms. The van der Waals surface area contributed by atoms with Crippen LogP contribution in [0.2, 0.25) is 5.02 Å². The zero-order valence-corrected chi connectivity index (χ0v) is 31.3. The van der Waals surface area contributed by atoms with Gasteiger partial charge in [-0.05, 0) is 62.0 Å². The first-order valence-electron chi connectivity index (χ1n) is 16.7. The lowest BCUT2D eigenvalue weighted by atomic mass is 9.84. The van der Waals surface area contributed by atoms with Gasteiger partial charge in [-0.15, -0.1) is 0 Å². The first kappa shape index (κ1) is 38.6. The third-order valence-electron chi connectivity index (χ3n) is 10.5. The molecule has 1 aliphatic carbocycles. The summed E-state index contributed by atoms with van der Waals surface area (Å²) in [5, 5.41) is 3.20. The van der Waals surface area contributed by atoms with Crippen LogP contribution in [-0.2, 0) is 35.0 Å². The molecule has 13 heteroatoms. The average molecular weight is 720 g/mol. The van der Waals surface area contributed by atoms with Gasteiger partial charge in [0.05, 0.1) is 31.4 Å². The second-order valence-corrected chi connectivity index (χ2v) is 14.6. The maximum absolute atomic E-state index is 14.1. The zero-order valence-electron chi connectivity index (χ0n) is 29.7. The molecule has 1 aromatic rings. The minimum atomic E-state index is -0.882. The number of likely N-dealkylation sites (N-methyl/N-ethyl adjacent to an activating group) is 1. The van der Waals surface area contributed by atoms with Crippen LogP contribution in [0.15, 0.2) is 35.9 Å². The van der Waals surface area contributed by atoms with Crippen LogP contribution in [0.1, 0.15) is 58.9 Å². The van der Waals surface area contributed by atoms with E-state index in [0.29, 0.717) is 36.5 Å². The number of nitrogens with zero attached hydrogens (tertiary/aromatic N) is 2. The number of hydrogen-bond acceptors (Lipinski definition) is 9. The van der Waals surface area contributed by atoms with Crippen molar-refractivity contribution in [2.24, 2.45) is 17.3 Å². The van der Waals surface area contributed by atoms with Crippen molar-refractivity contribution in [1.29, 1.82) is 0 Å². The van der Waals surface area contributed by atoms with Gasteiger partial charge in [0.25, 0.3) is 0 Å². The number of fused-ring (bicyclic) bond motifs is 5. The fourth-order valence-electron chi connectivity index (χ4n) is 6.99. The number of rotatable bonds is 7. The van der Waals surface area contributed by atoms with Gasteiger partial charge < -0.3 is 34.1 Å². The van der Waals surface area contributed by atoms with E-state index in [9.17, 15) is 19.2 Å². The molecule has 8 atom stereocenters. The molecule has 0 unspecified atom stereocenters. The Labute approximate surface area is 300 Å². The number of allylic oxidation sites excluding steroid dienone is 3. The number of methoxy groups -OCH3 is 2. The molecule has 3 amide bonds. The second-order valence-electron chi connectivity index (χ2n) is 13.7. The number of carbonyl (C=O) groups excluding carboxylic acids is 4. The van der Waals surface area contributed by atoms with Crippen molar-refractivity contribution in [1.82, 2.24) is 10.2 Å². The highest BCUT2D eigenvalue weighted by molar-refractivity contribution is 7.80. The number of nitrogens with one attached hydrogen (secondary N) is 1. The minimum Gasteiger partial charge on any atom is -0.495 e. The van der Waals surface area contributed by atoms with E-state index in [1.807, 2.05) is 51.1 Å². The summed E-state index contributed by atoms with van der Waals surface area (Å²) in [7, 11) is 6.32. The van der Waals surface area contributed by atoms with E-state index in [1.54, 1.807) is 28.1 Å². The normalized spacial score (nSPS) is 31.2. The van der Waals surface area contributed by atoms with Crippen LogP contribution in [0.25, 0.3) is 0 Å². The minimum absolute atomic E-state index is 0.0324. The molecule has 1 saturated carbocycles. The van der Waals surface area contributed by atoms with Crippen molar-refractivity contribution in [3.8, 4) is 5.75 Å². The number of benzene rings is 1. The molecule has 49 heavy (non-hydrogen) atoms. The van der Waals surface area contributed by atoms with E-state index in [-0.39, 0.29) is 47.6 Å². The second kappa shape index (κ2) is 16.2. The van der Waals surface area contributed by atoms with Crippen LogP contribution < -0.4 is 15.0 Å². The smallest absolute Gasteiger partial charge is 0.407 e. The lowest BCUT2D eigenvalue weighted by molar-refractivity contribution is -0.162. The summed E-state index contributed by atoms with van der Waals surface area (Å²) >= 11 is 10.9. The molecule has 3 aliphatic rings. The van der Waals surface area contributed by atoms with Crippen LogP contribution >= 0.6 is 24.2 Å². The molecule has 2 heterocycles. The van der Waals surface area contributed by atoms with E-state index < -0.39 is 41.8 Å². The van der Waals surface area contributed by atoms with Gasteiger partial charge in [-0.3, -0.25) is 9.59 Å². The number of amides is 3. The van der Waals surface area contributed by atoms with E-state index in [0.717, 1.165) is 11.1 Å². The summed E-state index contributed by atoms with van der Waals surface area (Å²) in [6, 6.07) is 2.50. The molecule has 1 N–H and O–H groups in total. The number of anilines is 1.